The summed E-state index contributed by atoms with van der Waals surface area (Å²) >= 11 is 1.17. The van der Waals surface area contributed by atoms with E-state index in [0.717, 1.165) is 11.1 Å². The predicted octanol–water partition coefficient (Wildman–Crippen LogP) is 8.81. The zero-order valence-electron chi connectivity index (χ0n) is 36.4. The second kappa shape index (κ2) is 19.2. The van der Waals surface area contributed by atoms with Gasteiger partial charge in [-0.3, -0.25) is 9.59 Å². The molecular weight excluding hydrogens is 824 g/mol. The van der Waals surface area contributed by atoms with Crippen molar-refractivity contribution in [2.45, 2.75) is 98.6 Å². The molecule has 4 atom stereocenters. The van der Waals surface area contributed by atoms with Gasteiger partial charge in [-0.2, -0.15) is 0 Å². The van der Waals surface area contributed by atoms with E-state index in [-0.39, 0.29) is 54.2 Å². The number of alkyl carbamates (subject to hydrolysis) is 2. The highest BCUT2D eigenvalue weighted by Crippen LogP contribution is 2.44. The van der Waals surface area contributed by atoms with Gasteiger partial charge >= 0.3 is 12.2 Å². The molecule has 0 aliphatic carbocycles. The summed E-state index contributed by atoms with van der Waals surface area (Å²) in [6, 6.07) is 3.47. The van der Waals surface area contributed by atoms with Crippen molar-refractivity contribution in [3.8, 4) is 0 Å². The Labute approximate surface area is 362 Å². The van der Waals surface area contributed by atoms with Crippen LogP contribution in [0.3, 0.4) is 0 Å². The molecule has 6 rings (SSSR count). The third kappa shape index (κ3) is 9.68. The first-order valence-corrected chi connectivity index (χ1v) is 21.5. The van der Waals surface area contributed by atoms with Crippen molar-refractivity contribution in [2.75, 3.05) is 27.3 Å². The average molecular weight is 878 g/mol. The lowest BCUT2D eigenvalue weighted by Crippen LogP contribution is -2.51. The van der Waals surface area contributed by atoms with E-state index in [0.29, 0.717) is 56.8 Å². The molecule has 4 N–H and O–H groups in total. The van der Waals surface area contributed by atoms with Crippen LogP contribution in [-0.2, 0) is 25.6 Å². The van der Waals surface area contributed by atoms with E-state index in [2.05, 4.69) is 26.3 Å². The fourth-order valence-corrected chi connectivity index (χ4v) is 9.02. The standard InChI is InChI=1S/C45H54F3N7O6S/c1-10-13-54(42(56)39(22(2)3)52-44(58)60-8)21-35-25(7)27-16-30(47)29(17-32(27)49-35)38-14-24(6)11-12-37(62-38)28-18-33-34(19-31(28)48)51-41(50-33)36-15-26(46)20-55(36)43(57)40(23(4)5)53-45(59)61-9/h12,16-19,22-23,26,36,39-40,49H,10-11,13,15,20-21H2,1-9H3,(H,50,51)(H,52,58)(H,53,59). The normalized spacial score (nSPS) is 17.7. The van der Waals surface area contributed by atoms with Gasteiger partial charge in [-0.05, 0) is 67.9 Å². The molecule has 2 aliphatic rings. The molecule has 13 nitrogen and oxygen atoms in total. The second-order valence-corrected chi connectivity index (χ2v) is 17.6. The quantitative estimate of drug-likeness (QED) is 0.0970. The molecule has 4 amide bonds. The van der Waals surface area contributed by atoms with Crippen molar-refractivity contribution in [2.24, 2.45) is 11.8 Å². The maximum absolute atomic E-state index is 16.3. The number of halogens is 3. The molecule has 62 heavy (non-hydrogen) atoms. The number of aryl methyl sites for hydroxylation is 1. The van der Waals surface area contributed by atoms with Crippen LogP contribution in [0.4, 0.5) is 22.8 Å². The maximum atomic E-state index is 16.3. The summed E-state index contributed by atoms with van der Waals surface area (Å²) in [4.78, 5) is 66.8. The van der Waals surface area contributed by atoms with Gasteiger partial charge in [-0.1, -0.05) is 52.5 Å². The molecular formula is C45H54F3N7O6S. The van der Waals surface area contributed by atoms with Crippen LogP contribution in [0.25, 0.3) is 31.7 Å². The molecule has 1 fully saturated rings. The lowest BCUT2D eigenvalue weighted by atomic mass is 10.0. The van der Waals surface area contributed by atoms with Crippen LogP contribution >= 0.6 is 11.8 Å². The maximum Gasteiger partial charge on any atom is 0.407 e. The summed E-state index contributed by atoms with van der Waals surface area (Å²) in [6.07, 6.45) is 0.0847. The molecule has 1 saturated heterocycles. The monoisotopic (exact) mass is 877 g/mol. The average Bonchev–Trinajstić information content (AvgIpc) is 3.87. The number of alkyl halides is 1. The number of aromatic amines is 2. The topological polar surface area (TPSA) is 162 Å². The number of allylic oxidation sites excluding steroid dienone is 2. The van der Waals surface area contributed by atoms with Crippen LogP contribution in [-0.4, -0.2) is 94.3 Å². The molecule has 4 heterocycles. The Balaban J connectivity index is 1.28. The van der Waals surface area contributed by atoms with Gasteiger partial charge in [0.2, 0.25) is 11.8 Å². The molecule has 332 valence electrons. The number of amides is 4. The van der Waals surface area contributed by atoms with Crippen LogP contribution in [0.15, 0.2) is 41.6 Å². The lowest BCUT2D eigenvalue weighted by molar-refractivity contribution is -0.136. The largest absolute Gasteiger partial charge is 0.453 e. The van der Waals surface area contributed by atoms with E-state index in [4.69, 9.17) is 14.5 Å². The Hall–Kier alpha value is -5.67. The smallest absolute Gasteiger partial charge is 0.407 e. The summed E-state index contributed by atoms with van der Waals surface area (Å²) in [5.74, 6) is -2.07. The third-order valence-corrected chi connectivity index (χ3v) is 12.4. The first-order chi connectivity index (χ1) is 29.4. The number of carbonyl (C=O) groups excluding carboxylic acids is 4. The van der Waals surface area contributed by atoms with E-state index in [1.165, 1.54) is 43.0 Å². The number of hydrogen-bond acceptors (Lipinski definition) is 8. The van der Waals surface area contributed by atoms with Crippen molar-refractivity contribution < 1.29 is 41.8 Å². The van der Waals surface area contributed by atoms with Gasteiger partial charge in [0.05, 0.1) is 49.3 Å². The van der Waals surface area contributed by atoms with E-state index >= 15 is 8.78 Å². The SMILES string of the molecule is CCCN(Cc1[nH]c2cc(C3=C=C(C)CC=C(c4cc5nc(C6CC(F)CN6C(=O)C(NC(=O)OC)C(C)C)[nH]c5cc4F)S3)c(F)cc2c1C)C(=O)C(NC(=O)OC)C(C)C. The molecule has 17 heteroatoms. The minimum Gasteiger partial charge on any atom is -0.453 e. The molecule has 0 saturated carbocycles. The van der Waals surface area contributed by atoms with Gasteiger partial charge < -0.3 is 39.9 Å². The highest BCUT2D eigenvalue weighted by molar-refractivity contribution is 8.16. The number of nitrogens with one attached hydrogen (secondary N) is 4. The summed E-state index contributed by atoms with van der Waals surface area (Å²) in [5.41, 5.74) is 7.46. The number of nitrogens with zero attached hydrogens (tertiary/aromatic N) is 3. The highest BCUT2D eigenvalue weighted by atomic mass is 32.2. The van der Waals surface area contributed by atoms with Crippen LogP contribution in [0.1, 0.15) is 95.1 Å². The highest BCUT2D eigenvalue weighted by Gasteiger charge is 2.42. The Bertz CT molecular complexity index is 2490. The molecule has 2 aromatic carbocycles. The number of ether oxygens (including phenoxy) is 2. The van der Waals surface area contributed by atoms with Crippen molar-refractivity contribution in [1.29, 1.82) is 0 Å². The Kier molecular flexibility index (Phi) is 14.2. The number of H-pyrrole nitrogens is 2. The fourth-order valence-electron chi connectivity index (χ4n) is 7.88. The lowest BCUT2D eigenvalue weighted by Gasteiger charge is -2.29. The van der Waals surface area contributed by atoms with E-state index in [1.54, 1.807) is 30.9 Å². The van der Waals surface area contributed by atoms with Gasteiger partial charge in [-0.15, -0.1) is 5.73 Å². The summed E-state index contributed by atoms with van der Waals surface area (Å²) in [7, 11) is 2.44. The number of thioether (sulfide) groups is 1. The van der Waals surface area contributed by atoms with E-state index in [9.17, 15) is 23.6 Å². The number of methoxy groups -OCH3 is 2. The number of rotatable bonds is 13. The number of carbonyl (C=O) groups is 4. The Morgan fingerprint density at radius 2 is 1.61 bits per heavy atom. The van der Waals surface area contributed by atoms with Crippen molar-refractivity contribution in [1.82, 2.24) is 35.4 Å². The van der Waals surface area contributed by atoms with Crippen molar-refractivity contribution in [3.63, 3.8) is 0 Å². The summed E-state index contributed by atoms with van der Waals surface area (Å²) in [6.45, 7) is 13.3. The minimum absolute atomic E-state index is 0.0377. The van der Waals surface area contributed by atoms with Crippen LogP contribution in [0.2, 0.25) is 0 Å². The summed E-state index contributed by atoms with van der Waals surface area (Å²) in [5, 5.41) is 5.84. The predicted molar refractivity (Wildman–Crippen MR) is 233 cm³/mol. The summed E-state index contributed by atoms with van der Waals surface area (Å²) < 4.78 is 56.9. The second-order valence-electron chi connectivity index (χ2n) is 16.5. The van der Waals surface area contributed by atoms with E-state index in [1.807, 2.05) is 40.7 Å². The molecule has 0 radical (unpaired) electrons. The van der Waals surface area contributed by atoms with Gasteiger partial charge in [0.25, 0.3) is 0 Å². The van der Waals surface area contributed by atoms with Gasteiger partial charge in [0, 0.05) is 51.7 Å². The zero-order valence-corrected chi connectivity index (χ0v) is 37.2. The molecule has 4 unspecified atom stereocenters. The number of likely N-dealkylation sites (tertiary alicyclic amines) is 1. The van der Waals surface area contributed by atoms with Gasteiger partial charge in [-0.25, -0.2) is 27.7 Å². The zero-order chi connectivity index (χ0) is 45.2. The first kappa shape index (κ1) is 45.8. The van der Waals surface area contributed by atoms with E-state index < -0.39 is 54.0 Å². The van der Waals surface area contributed by atoms with Crippen molar-refractivity contribution >= 4 is 67.5 Å². The van der Waals surface area contributed by atoms with Crippen LogP contribution in [0, 0.1) is 30.4 Å². The molecule has 0 bridgehead atoms. The molecule has 0 spiro atoms. The first-order valence-electron chi connectivity index (χ1n) is 20.7. The minimum atomic E-state index is -1.34. The molecule has 2 aromatic heterocycles. The molecule has 2 aliphatic heterocycles. The number of benzene rings is 2. The Morgan fingerprint density at radius 3 is 2.26 bits per heavy atom. The van der Waals surface area contributed by atoms with Crippen LogP contribution in [0.5, 0.6) is 0 Å². The van der Waals surface area contributed by atoms with Crippen molar-refractivity contribution in [3.05, 3.63) is 81.5 Å². The third-order valence-electron chi connectivity index (χ3n) is 11.3. The number of imidazole rings is 1. The number of fused-ring (bicyclic) bond motifs is 2. The van der Waals surface area contributed by atoms with Gasteiger partial charge in [0.15, 0.2) is 0 Å². The van der Waals surface area contributed by atoms with Crippen LogP contribution < -0.4 is 10.6 Å². The fraction of sp³-hybridized carbons (Fsp3) is 0.467. The molecule has 4 aromatic rings. The number of hydrogen-bond donors (Lipinski definition) is 4. The number of aromatic nitrogens is 3. The Morgan fingerprint density at radius 1 is 0.952 bits per heavy atom. The van der Waals surface area contributed by atoms with Gasteiger partial charge in [0.1, 0.15) is 35.7 Å².